The van der Waals surface area contributed by atoms with Crippen molar-refractivity contribution in [3.63, 3.8) is 0 Å². The van der Waals surface area contributed by atoms with Crippen molar-refractivity contribution < 1.29 is 23.9 Å². The highest BCUT2D eigenvalue weighted by atomic mass is 32.1. The maximum absolute atomic E-state index is 12.2. The Morgan fingerprint density at radius 1 is 1.00 bits per heavy atom. The van der Waals surface area contributed by atoms with Crippen LogP contribution in [0.3, 0.4) is 0 Å². The van der Waals surface area contributed by atoms with Crippen LogP contribution in [0.5, 0.6) is 11.5 Å². The van der Waals surface area contributed by atoms with Gasteiger partial charge in [-0.3, -0.25) is 9.59 Å². The number of hydrogen-bond donors (Lipinski definition) is 2. The second kappa shape index (κ2) is 12.9. The zero-order valence-corrected chi connectivity index (χ0v) is 19.5. The van der Waals surface area contributed by atoms with Crippen molar-refractivity contribution in [3.8, 4) is 11.5 Å². The first-order chi connectivity index (χ1) is 16.5. The number of hydrazone groups is 1. The number of amides is 2. The second-order valence-electron chi connectivity index (χ2n) is 7.14. The van der Waals surface area contributed by atoms with Gasteiger partial charge in [-0.1, -0.05) is 19.4 Å². The number of unbranched alkanes of at least 4 members (excludes halogenated alkanes) is 1. The minimum Gasteiger partial charge on any atom is -0.494 e. The molecule has 0 spiro atoms. The Morgan fingerprint density at radius 2 is 1.74 bits per heavy atom. The number of ether oxygens (including phenoxy) is 2. The largest absolute Gasteiger partial charge is 0.494 e. The highest BCUT2D eigenvalue weighted by Gasteiger charge is 2.09. The second-order valence-corrected chi connectivity index (χ2v) is 8.09. The van der Waals surface area contributed by atoms with Crippen molar-refractivity contribution in [2.75, 3.05) is 13.2 Å². The molecule has 8 nitrogen and oxygen atoms in total. The average molecular weight is 480 g/mol. The molecule has 0 fully saturated rings. The van der Waals surface area contributed by atoms with E-state index in [0.29, 0.717) is 34.1 Å². The molecule has 2 N–H and O–H groups in total. The number of nitrogens with zero attached hydrogens (tertiary/aromatic N) is 1. The highest BCUT2D eigenvalue weighted by molar-refractivity contribution is 7.12. The van der Waals surface area contributed by atoms with Crippen LogP contribution in [0.25, 0.3) is 0 Å². The number of benzene rings is 2. The first-order valence-corrected chi connectivity index (χ1v) is 11.6. The number of esters is 1. The molecule has 1 heterocycles. The van der Waals surface area contributed by atoms with Gasteiger partial charge < -0.3 is 14.8 Å². The number of carbonyl (C=O) groups is 3. The van der Waals surface area contributed by atoms with Gasteiger partial charge in [0.15, 0.2) is 0 Å². The zero-order chi connectivity index (χ0) is 24.2. The fourth-order valence-corrected chi connectivity index (χ4v) is 3.29. The van der Waals surface area contributed by atoms with E-state index in [4.69, 9.17) is 9.47 Å². The molecule has 176 valence electrons. The molecule has 0 radical (unpaired) electrons. The number of thiophene rings is 1. The van der Waals surface area contributed by atoms with Crippen LogP contribution < -0.4 is 20.2 Å². The van der Waals surface area contributed by atoms with Gasteiger partial charge in [0.1, 0.15) is 16.4 Å². The average Bonchev–Trinajstić information content (AvgIpc) is 3.40. The molecule has 1 aromatic heterocycles. The van der Waals surface area contributed by atoms with Crippen molar-refractivity contribution in [1.82, 2.24) is 10.7 Å². The van der Waals surface area contributed by atoms with E-state index in [1.54, 1.807) is 66.0 Å². The van der Waals surface area contributed by atoms with Crippen LogP contribution in [-0.4, -0.2) is 37.1 Å². The van der Waals surface area contributed by atoms with Gasteiger partial charge in [0.2, 0.25) is 0 Å². The van der Waals surface area contributed by atoms with Crippen molar-refractivity contribution in [2.24, 2.45) is 5.10 Å². The Kier molecular flexibility index (Phi) is 9.36. The predicted octanol–water partition coefficient (Wildman–Crippen LogP) is 4.03. The Morgan fingerprint density at radius 3 is 2.41 bits per heavy atom. The van der Waals surface area contributed by atoms with Gasteiger partial charge in [0, 0.05) is 5.56 Å². The zero-order valence-electron chi connectivity index (χ0n) is 18.7. The highest BCUT2D eigenvalue weighted by Crippen LogP contribution is 2.16. The lowest BCUT2D eigenvalue weighted by molar-refractivity contribution is -0.120. The van der Waals surface area contributed by atoms with E-state index in [1.165, 1.54) is 17.6 Å². The summed E-state index contributed by atoms with van der Waals surface area (Å²) in [7, 11) is 0. The van der Waals surface area contributed by atoms with Crippen molar-refractivity contribution in [3.05, 3.63) is 82.0 Å². The summed E-state index contributed by atoms with van der Waals surface area (Å²) in [5.74, 6) is -0.145. The quantitative estimate of drug-likeness (QED) is 0.142. The van der Waals surface area contributed by atoms with Gasteiger partial charge in [0.05, 0.1) is 19.4 Å². The number of rotatable bonds is 11. The summed E-state index contributed by atoms with van der Waals surface area (Å²) in [4.78, 5) is 36.6. The predicted molar refractivity (Wildman–Crippen MR) is 131 cm³/mol. The monoisotopic (exact) mass is 479 g/mol. The Bertz CT molecular complexity index is 1110. The molecule has 0 unspecified atom stereocenters. The van der Waals surface area contributed by atoms with E-state index in [9.17, 15) is 14.4 Å². The van der Waals surface area contributed by atoms with E-state index < -0.39 is 11.9 Å². The lowest BCUT2D eigenvalue weighted by Crippen LogP contribution is -2.34. The molecule has 0 bridgehead atoms. The van der Waals surface area contributed by atoms with E-state index >= 15 is 0 Å². The third-order valence-corrected chi connectivity index (χ3v) is 5.36. The smallest absolute Gasteiger partial charge is 0.353 e. The number of nitrogens with one attached hydrogen (secondary N) is 2. The maximum Gasteiger partial charge on any atom is 0.353 e. The van der Waals surface area contributed by atoms with Crippen LogP contribution in [0.4, 0.5) is 0 Å². The fraction of sp³-hybridized carbons (Fsp3) is 0.200. The molecule has 0 aliphatic heterocycles. The number of carbonyl (C=O) groups excluding carboxylic acids is 3. The van der Waals surface area contributed by atoms with Gasteiger partial charge in [-0.25, -0.2) is 10.2 Å². The molecule has 0 saturated heterocycles. The molecule has 3 rings (SSSR count). The summed E-state index contributed by atoms with van der Waals surface area (Å²) in [5, 5.41) is 8.22. The van der Waals surface area contributed by atoms with Crippen molar-refractivity contribution >= 4 is 35.3 Å². The Hall–Kier alpha value is -3.98. The summed E-state index contributed by atoms with van der Waals surface area (Å²) >= 11 is 1.31. The minimum atomic E-state index is -0.467. The van der Waals surface area contributed by atoms with E-state index in [1.807, 2.05) is 0 Å². The third kappa shape index (κ3) is 7.86. The fourth-order valence-electron chi connectivity index (χ4n) is 2.69. The molecule has 0 aliphatic carbocycles. The van der Waals surface area contributed by atoms with Crippen LogP contribution >= 0.6 is 11.3 Å². The maximum atomic E-state index is 12.2. The van der Waals surface area contributed by atoms with E-state index in [2.05, 4.69) is 22.8 Å². The van der Waals surface area contributed by atoms with Gasteiger partial charge in [0.25, 0.3) is 11.8 Å². The summed E-state index contributed by atoms with van der Waals surface area (Å²) in [5.41, 5.74) is 3.48. The van der Waals surface area contributed by atoms with Gasteiger partial charge in [-0.2, -0.15) is 5.10 Å². The SMILES string of the molecule is CCCCOc1ccc(C(=O)NCC(=O)NN=Cc2ccc(OC(=O)c3cccs3)cc2)cc1. The summed E-state index contributed by atoms with van der Waals surface area (Å²) in [6.07, 6.45) is 3.46. The van der Waals surface area contributed by atoms with Crippen LogP contribution in [0.1, 0.15) is 45.4 Å². The lowest BCUT2D eigenvalue weighted by atomic mass is 10.2. The van der Waals surface area contributed by atoms with E-state index in [0.717, 1.165) is 12.8 Å². The summed E-state index contributed by atoms with van der Waals surface area (Å²) in [6.45, 7) is 2.50. The first-order valence-electron chi connectivity index (χ1n) is 10.7. The number of hydrogen-bond acceptors (Lipinski definition) is 7. The molecule has 2 amide bonds. The summed E-state index contributed by atoms with van der Waals surface area (Å²) < 4.78 is 10.9. The molecular weight excluding hydrogens is 454 g/mol. The molecule has 9 heteroatoms. The summed E-state index contributed by atoms with van der Waals surface area (Å²) in [6, 6.07) is 16.9. The van der Waals surface area contributed by atoms with Crippen molar-refractivity contribution in [1.29, 1.82) is 0 Å². The normalized spacial score (nSPS) is 10.6. The van der Waals surface area contributed by atoms with Crippen LogP contribution in [0.15, 0.2) is 71.1 Å². The van der Waals surface area contributed by atoms with Gasteiger partial charge in [-0.05, 0) is 72.0 Å². The van der Waals surface area contributed by atoms with Crippen molar-refractivity contribution in [2.45, 2.75) is 19.8 Å². The molecule has 3 aromatic rings. The van der Waals surface area contributed by atoms with Gasteiger partial charge in [-0.15, -0.1) is 11.3 Å². The molecule has 0 atom stereocenters. The molecular formula is C25H25N3O5S. The topological polar surface area (TPSA) is 106 Å². The van der Waals surface area contributed by atoms with Crippen LogP contribution in [0, 0.1) is 0 Å². The first kappa shape index (κ1) is 24.7. The van der Waals surface area contributed by atoms with Gasteiger partial charge >= 0.3 is 5.97 Å². The van der Waals surface area contributed by atoms with Crippen LogP contribution in [0.2, 0.25) is 0 Å². The molecule has 0 aliphatic rings. The Balaban J connectivity index is 1.39. The molecule has 0 saturated carbocycles. The van der Waals surface area contributed by atoms with E-state index in [-0.39, 0.29) is 12.5 Å². The Labute approximate surface area is 201 Å². The third-order valence-electron chi connectivity index (χ3n) is 4.51. The molecule has 2 aromatic carbocycles. The standard InChI is InChI=1S/C25H25N3O5S/c1-2-3-14-32-20-12-8-19(9-13-20)24(30)26-17-23(29)28-27-16-18-6-10-21(11-7-18)33-25(31)22-5-4-15-34-22/h4-13,15-16H,2-3,14,17H2,1H3,(H,26,30)(H,28,29). The molecule has 34 heavy (non-hydrogen) atoms. The van der Waals surface area contributed by atoms with Crippen LogP contribution in [-0.2, 0) is 4.79 Å². The minimum absolute atomic E-state index is 0.220. The lowest BCUT2D eigenvalue weighted by Gasteiger charge is -2.07.